The topological polar surface area (TPSA) is 38.0 Å². The molecule has 2 aromatic rings. The maximum Gasteiger partial charge on any atom is 0.151 e. The van der Waals surface area contributed by atoms with Crippen LogP contribution in [0.15, 0.2) is 36.4 Å². The van der Waals surface area contributed by atoms with E-state index in [2.05, 4.69) is 17.4 Å². The van der Waals surface area contributed by atoms with Crippen molar-refractivity contribution in [3.05, 3.63) is 59.2 Å². The van der Waals surface area contributed by atoms with Gasteiger partial charge in [0.1, 0.15) is 5.82 Å². The summed E-state index contributed by atoms with van der Waals surface area (Å²) in [7, 11) is 0. The van der Waals surface area contributed by atoms with E-state index >= 15 is 0 Å². The maximum absolute atomic E-state index is 13.3. The highest BCUT2D eigenvalue weighted by atomic mass is 19.1. The van der Waals surface area contributed by atoms with Gasteiger partial charge in [-0.25, -0.2) is 8.78 Å². The Hall–Kier alpha value is -2.10. The average molecular weight is 260 g/mol. The lowest BCUT2D eigenvalue weighted by Crippen LogP contribution is -2.24. The molecule has 3 rings (SSSR count). The molecule has 0 aliphatic heterocycles. The molecular formula is C15H14F2N2. The standard InChI is InChI=1S/C15H14F2N2/c16-11-6-13(17)15(18)14(7-11)19-8-10-5-9-3-1-2-4-12(9)10/h1-4,6-7,10,19H,5,8,18H2. The fourth-order valence-corrected chi connectivity index (χ4v) is 2.51. The molecule has 0 amide bonds. The maximum atomic E-state index is 13.3. The van der Waals surface area contributed by atoms with Crippen molar-refractivity contribution in [3.63, 3.8) is 0 Å². The van der Waals surface area contributed by atoms with E-state index < -0.39 is 11.6 Å². The number of benzene rings is 2. The van der Waals surface area contributed by atoms with Gasteiger partial charge in [-0.05, 0) is 23.6 Å². The average Bonchev–Trinajstić information content (AvgIpc) is 2.36. The van der Waals surface area contributed by atoms with Gasteiger partial charge < -0.3 is 11.1 Å². The van der Waals surface area contributed by atoms with E-state index in [-0.39, 0.29) is 5.69 Å². The highest BCUT2D eigenvalue weighted by Gasteiger charge is 2.25. The zero-order valence-corrected chi connectivity index (χ0v) is 10.3. The lowest BCUT2D eigenvalue weighted by Gasteiger charge is -2.30. The second kappa shape index (κ2) is 4.53. The molecule has 98 valence electrons. The van der Waals surface area contributed by atoms with Crippen LogP contribution in [0.3, 0.4) is 0 Å². The summed E-state index contributed by atoms with van der Waals surface area (Å²) < 4.78 is 26.4. The normalized spacial score (nSPS) is 16.6. The van der Waals surface area contributed by atoms with Gasteiger partial charge in [-0.15, -0.1) is 0 Å². The van der Waals surface area contributed by atoms with Crippen molar-refractivity contribution in [3.8, 4) is 0 Å². The van der Waals surface area contributed by atoms with Crippen molar-refractivity contribution in [1.82, 2.24) is 0 Å². The highest BCUT2D eigenvalue weighted by molar-refractivity contribution is 5.67. The highest BCUT2D eigenvalue weighted by Crippen LogP contribution is 2.35. The zero-order chi connectivity index (χ0) is 13.4. The summed E-state index contributed by atoms with van der Waals surface area (Å²) in [6.07, 6.45) is 0.987. The van der Waals surface area contributed by atoms with E-state index in [1.807, 2.05) is 12.1 Å². The van der Waals surface area contributed by atoms with Crippen molar-refractivity contribution in [2.24, 2.45) is 0 Å². The van der Waals surface area contributed by atoms with Crippen molar-refractivity contribution in [2.45, 2.75) is 12.3 Å². The minimum atomic E-state index is -0.725. The molecule has 0 radical (unpaired) electrons. The summed E-state index contributed by atoms with van der Waals surface area (Å²) in [6, 6.07) is 10.2. The first-order valence-corrected chi connectivity index (χ1v) is 6.21. The molecule has 4 heteroatoms. The first kappa shape index (κ1) is 12.0. The van der Waals surface area contributed by atoms with Crippen LogP contribution in [0.1, 0.15) is 17.0 Å². The molecule has 2 aromatic carbocycles. The number of hydrogen-bond acceptors (Lipinski definition) is 2. The Kier molecular flexibility index (Phi) is 2.85. The molecule has 0 saturated carbocycles. The van der Waals surface area contributed by atoms with Crippen molar-refractivity contribution >= 4 is 11.4 Å². The molecular weight excluding hydrogens is 246 g/mol. The lowest BCUT2D eigenvalue weighted by atomic mass is 9.77. The van der Waals surface area contributed by atoms with Crippen molar-refractivity contribution in [1.29, 1.82) is 0 Å². The fourth-order valence-electron chi connectivity index (χ4n) is 2.51. The molecule has 0 spiro atoms. The molecule has 0 saturated heterocycles. The van der Waals surface area contributed by atoms with Gasteiger partial charge in [0.15, 0.2) is 5.82 Å². The second-order valence-corrected chi connectivity index (χ2v) is 4.83. The van der Waals surface area contributed by atoms with E-state index in [9.17, 15) is 8.78 Å². The first-order chi connectivity index (χ1) is 9.15. The van der Waals surface area contributed by atoms with Gasteiger partial charge in [0.05, 0.1) is 11.4 Å². The minimum absolute atomic E-state index is 0.0333. The first-order valence-electron chi connectivity index (χ1n) is 6.21. The van der Waals surface area contributed by atoms with Gasteiger partial charge in [-0.1, -0.05) is 24.3 Å². The third-order valence-electron chi connectivity index (χ3n) is 3.59. The zero-order valence-electron chi connectivity index (χ0n) is 10.3. The summed E-state index contributed by atoms with van der Waals surface area (Å²) in [4.78, 5) is 0. The molecule has 0 fully saturated rings. The van der Waals surface area contributed by atoms with Gasteiger partial charge in [0.2, 0.25) is 0 Å². The molecule has 1 aliphatic carbocycles. The van der Waals surface area contributed by atoms with Gasteiger partial charge in [-0.2, -0.15) is 0 Å². The number of nitrogens with two attached hydrogens (primary N) is 1. The van der Waals surface area contributed by atoms with E-state index in [4.69, 9.17) is 5.73 Å². The summed E-state index contributed by atoms with van der Waals surface area (Å²) >= 11 is 0. The summed E-state index contributed by atoms with van der Waals surface area (Å²) in [6.45, 7) is 0.629. The SMILES string of the molecule is Nc1c(F)cc(F)cc1NCC1Cc2ccccc21. The van der Waals surface area contributed by atoms with Gasteiger partial charge >= 0.3 is 0 Å². The molecule has 0 heterocycles. The fraction of sp³-hybridized carbons (Fsp3) is 0.200. The molecule has 0 bridgehead atoms. The largest absolute Gasteiger partial charge is 0.395 e. The van der Waals surface area contributed by atoms with Crippen molar-refractivity contribution in [2.75, 3.05) is 17.6 Å². The predicted octanol–water partition coefficient (Wildman–Crippen LogP) is 3.30. The van der Waals surface area contributed by atoms with Crippen LogP contribution >= 0.6 is 0 Å². The summed E-state index contributed by atoms with van der Waals surface area (Å²) in [5, 5.41) is 3.03. The minimum Gasteiger partial charge on any atom is -0.395 e. The number of halogens is 2. The Labute approximate surface area is 110 Å². The van der Waals surface area contributed by atoms with Crippen LogP contribution in [0.25, 0.3) is 0 Å². The van der Waals surface area contributed by atoms with Crippen LogP contribution in [0, 0.1) is 11.6 Å². The molecule has 1 unspecified atom stereocenters. The molecule has 1 atom stereocenters. The third kappa shape index (κ3) is 2.14. The summed E-state index contributed by atoms with van der Waals surface area (Å²) in [5.74, 6) is -0.971. The molecule has 1 aliphatic rings. The number of fused-ring (bicyclic) bond motifs is 1. The Morgan fingerprint density at radius 2 is 2.00 bits per heavy atom. The van der Waals surface area contributed by atoms with Gasteiger partial charge in [0, 0.05) is 18.5 Å². The van der Waals surface area contributed by atoms with E-state index in [1.165, 1.54) is 17.2 Å². The van der Waals surface area contributed by atoms with Crippen LogP contribution in [0.5, 0.6) is 0 Å². The predicted molar refractivity (Wildman–Crippen MR) is 72.1 cm³/mol. The second-order valence-electron chi connectivity index (χ2n) is 4.83. The Morgan fingerprint density at radius 1 is 1.21 bits per heavy atom. The smallest absolute Gasteiger partial charge is 0.151 e. The number of nitrogen functional groups attached to an aromatic ring is 1. The van der Waals surface area contributed by atoms with E-state index in [0.717, 1.165) is 12.5 Å². The van der Waals surface area contributed by atoms with Crippen LogP contribution in [-0.4, -0.2) is 6.54 Å². The van der Waals surface area contributed by atoms with Crippen LogP contribution in [-0.2, 0) is 6.42 Å². The molecule has 19 heavy (non-hydrogen) atoms. The Morgan fingerprint density at radius 3 is 2.79 bits per heavy atom. The number of nitrogens with one attached hydrogen (secondary N) is 1. The Balaban J connectivity index is 1.72. The monoisotopic (exact) mass is 260 g/mol. The Bertz CT molecular complexity index is 626. The number of hydrogen-bond donors (Lipinski definition) is 2. The number of anilines is 2. The number of rotatable bonds is 3. The van der Waals surface area contributed by atoms with Crippen LogP contribution in [0.4, 0.5) is 20.2 Å². The molecule has 3 N–H and O–H groups in total. The van der Waals surface area contributed by atoms with E-state index in [1.54, 1.807) is 0 Å². The van der Waals surface area contributed by atoms with Gasteiger partial charge in [-0.3, -0.25) is 0 Å². The van der Waals surface area contributed by atoms with Gasteiger partial charge in [0.25, 0.3) is 0 Å². The van der Waals surface area contributed by atoms with Crippen LogP contribution < -0.4 is 11.1 Å². The van der Waals surface area contributed by atoms with Crippen LogP contribution in [0.2, 0.25) is 0 Å². The summed E-state index contributed by atoms with van der Waals surface area (Å²) in [5.41, 5.74) is 8.51. The molecule has 0 aromatic heterocycles. The van der Waals surface area contributed by atoms with Crippen molar-refractivity contribution < 1.29 is 8.78 Å². The molecule has 2 nitrogen and oxygen atoms in total. The lowest BCUT2D eigenvalue weighted by molar-refractivity contribution is 0.585. The quantitative estimate of drug-likeness (QED) is 0.831. The third-order valence-corrected chi connectivity index (χ3v) is 3.59. The van der Waals surface area contributed by atoms with E-state index in [0.29, 0.717) is 18.2 Å².